The van der Waals surface area contributed by atoms with Gasteiger partial charge in [0, 0.05) is 18.7 Å². The van der Waals surface area contributed by atoms with Gasteiger partial charge in [-0.15, -0.1) is 0 Å². The molecule has 1 unspecified atom stereocenters. The molecule has 100 valence electrons. The quantitative estimate of drug-likeness (QED) is 0.783. The molecule has 0 aliphatic carbocycles. The van der Waals surface area contributed by atoms with Crippen LogP contribution in [0.2, 0.25) is 5.02 Å². The summed E-state index contributed by atoms with van der Waals surface area (Å²) in [4.78, 5) is 11.7. The molecule has 1 aromatic rings. The van der Waals surface area contributed by atoms with Crippen molar-refractivity contribution in [2.75, 3.05) is 13.2 Å². The molecule has 0 saturated heterocycles. The van der Waals surface area contributed by atoms with Crippen LogP contribution in [0.15, 0.2) is 18.2 Å². The number of rotatable bonds is 6. The van der Waals surface area contributed by atoms with Crippen LogP contribution < -0.4 is 5.32 Å². The van der Waals surface area contributed by atoms with Crippen molar-refractivity contribution < 1.29 is 14.3 Å². The van der Waals surface area contributed by atoms with Crippen LogP contribution in [0.1, 0.15) is 30.1 Å². The van der Waals surface area contributed by atoms with Gasteiger partial charge in [0.05, 0.1) is 5.02 Å². The number of nitrogens with one attached hydrogen (secondary N) is 1. The van der Waals surface area contributed by atoms with Crippen molar-refractivity contribution in [3.63, 3.8) is 0 Å². The summed E-state index contributed by atoms with van der Waals surface area (Å²) in [5, 5.41) is 11.5. The van der Waals surface area contributed by atoms with Gasteiger partial charge in [0.1, 0.15) is 5.82 Å². The number of carbonyl (C=O) groups excluding carboxylic acids is 1. The third kappa shape index (κ3) is 4.63. The molecule has 1 aromatic carbocycles. The number of halogens is 2. The van der Waals surface area contributed by atoms with Crippen LogP contribution in [0.3, 0.4) is 0 Å². The number of amides is 1. The predicted octanol–water partition coefficient (Wildman–Crippen LogP) is 2.62. The van der Waals surface area contributed by atoms with Crippen molar-refractivity contribution in [2.24, 2.45) is 5.92 Å². The molecule has 0 spiro atoms. The van der Waals surface area contributed by atoms with Crippen molar-refractivity contribution in [3.8, 4) is 0 Å². The number of hydrogen-bond donors (Lipinski definition) is 2. The minimum absolute atomic E-state index is 0.00307. The van der Waals surface area contributed by atoms with Gasteiger partial charge in [0.15, 0.2) is 0 Å². The Morgan fingerprint density at radius 1 is 1.56 bits per heavy atom. The van der Waals surface area contributed by atoms with E-state index in [1.807, 2.05) is 6.92 Å². The molecular formula is C13H17ClFNO2. The number of aliphatic hydroxyl groups is 1. The average Bonchev–Trinajstić information content (AvgIpc) is 2.37. The van der Waals surface area contributed by atoms with E-state index in [4.69, 9.17) is 16.7 Å². The summed E-state index contributed by atoms with van der Waals surface area (Å²) in [6.07, 6.45) is 1.62. The van der Waals surface area contributed by atoms with Crippen LogP contribution in [0.25, 0.3) is 0 Å². The lowest BCUT2D eigenvalue weighted by Crippen LogP contribution is -2.25. The fraction of sp³-hybridized carbons (Fsp3) is 0.462. The van der Waals surface area contributed by atoms with Crippen LogP contribution in [0.4, 0.5) is 4.39 Å². The Kier molecular flexibility index (Phi) is 6.09. The SMILES string of the molecule is CC(CO)CCCNC(=O)c1ccc(Cl)c(F)c1. The van der Waals surface area contributed by atoms with Gasteiger partial charge < -0.3 is 10.4 Å². The normalized spacial score (nSPS) is 12.2. The molecule has 0 aliphatic heterocycles. The zero-order chi connectivity index (χ0) is 13.5. The fourth-order valence-electron chi connectivity index (χ4n) is 1.48. The lowest BCUT2D eigenvalue weighted by molar-refractivity contribution is 0.0951. The summed E-state index contributed by atoms with van der Waals surface area (Å²) in [7, 11) is 0. The van der Waals surface area contributed by atoms with Crippen molar-refractivity contribution >= 4 is 17.5 Å². The Bertz CT molecular complexity index is 412. The van der Waals surface area contributed by atoms with Crippen molar-refractivity contribution in [1.29, 1.82) is 0 Å². The summed E-state index contributed by atoms with van der Waals surface area (Å²) < 4.78 is 13.1. The highest BCUT2D eigenvalue weighted by atomic mass is 35.5. The molecule has 0 radical (unpaired) electrons. The van der Waals surface area contributed by atoms with Crippen LogP contribution in [0, 0.1) is 11.7 Å². The fourth-order valence-corrected chi connectivity index (χ4v) is 1.60. The maximum atomic E-state index is 13.1. The summed E-state index contributed by atoms with van der Waals surface area (Å²) >= 11 is 5.53. The molecule has 0 heterocycles. The van der Waals surface area contributed by atoms with E-state index in [0.29, 0.717) is 6.54 Å². The second-order valence-corrected chi connectivity index (χ2v) is 4.72. The average molecular weight is 274 g/mol. The second kappa shape index (κ2) is 7.34. The first-order chi connectivity index (χ1) is 8.54. The van der Waals surface area contributed by atoms with E-state index in [1.165, 1.54) is 12.1 Å². The zero-order valence-electron chi connectivity index (χ0n) is 10.2. The smallest absolute Gasteiger partial charge is 0.251 e. The number of aliphatic hydroxyl groups excluding tert-OH is 1. The van der Waals surface area contributed by atoms with E-state index < -0.39 is 5.82 Å². The largest absolute Gasteiger partial charge is 0.396 e. The minimum Gasteiger partial charge on any atom is -0.396 e. The Morgan fingerprint density at radius 2 is 2.28 bits per heavy atom. The van der Waals surface area contributed by atoms with Crippen molar-refractivity contribution in [2.45, 2.75) is 19.8 Å². The van der Waals surface area contributed by atoms with E-state index in [9.17, 15) is 9.18 Å². The topological polar surface area (TPSA) is 49.3 Å². The number of hydrogen-bond acceptors (Lipinski definition) is 2. The summed E-state index contributed by atoms with van der Waals surface area (Å²) in [5.41, 5.74) is 0.257. The molecule has 1 rings (SSSR count). The van der Waals surface area contributed by atoms with Gasteiger partial charge in [-0.2, -0.15) is 0 Å². The number of benzene rings is 1. The molecule has 1 amide bonds. The van der Waals surface area contributed by atoms with Crippen LogP contribution in [0.5, 0.6) is 0 Å². The Labute approximate surface area is 111 Å². The molecule has 0 saturated carbocycles. The van der Waals surface area contributed by atoms with Crippen molar-refractivity contribution in [3.05, 3.63) is 34.6 Å². The molecule has 18 heavy (non-hydrogen) atoms. The van der Waals surface area contributed by atoms with Gasteiger partial charge >= 0.3 is 0 Å². The first-order valence-corrected chi connectivity index (χ1v) is 6.26. The number of carbonyl (C=O) groups is 1. The van der Waals surface area contributed by atoms with Gasteiger partial charge in [0.2, 0.25) is 0 Å². The molecule has 0 aliphatic rings. The van der Waals surface area contributed by atoms with Gasteiger partial charge in [0.25, 0.3) is 5.91 Å². The predicted molar refractivity (Wildman–Crippen MR) is 69.2 cm³/mol. The molecule has 5 heteroatoms. The second-order valence-electron chi connectivity index (χ2n) is 4.31. The lowest BCUT2D eigenvalue weighted by Gasteiger charge is -2.08. The Balaban J connectivity index is 2.39. The zero-order valence-corrected chi connectivity index (χ0v) is 11.0. The Morgan fingerprint density at radius 3 is 2.89 bits per heavy atom. The maximum absolute atomic E-state index is 13.1. The van der Waals surface area contributed by atoms with Crippen LogP contribution in [-0.2, 0) is 0 Å². The summed E-state index contributed by atoms with van der Waals surface area (Å²) in [5.74, 6) is -0.685. The highest BCUT2D eigenvalue weighted by molar-refractivity contribution is 6.30. The molecule has 1 atom stereocenters. The molecule has 3 nitrogen and oxygen atoms in total. The minimum atomic E-state index is -0.599. The van der Waals surface area contributed by atoms with E-state index in [1.54, 1.807) is 0 Å². The van der Waals surface area contributed by atoms with Crippen molar-refractivity contribution in [1.82, 2.24) is 5.32 Å². The first kappa shape index (κ1) is 14.9. The summed E-state index contributed by atoms with van der Waals surface area (Å²) in [6.45, 7) is 2.60. The lowest BCUT2D eigenvalue weighted by atomic mass is 10.1. The van der Waals surface area contributed by atoms with E-state index in [2.05, 4.69) is 5.32 Å². The van der Waals surface area contributed by atoms with E-state index in [-0.39, 0.29) is 29.0 Å². The van der Waals surface area contributed by atoms with Gasteiger partial charge in [-0.1, -0.05) is 18.5 Å². The van der Waals surface area contributed by atoms with E-state index in [0.717, 1.165) is 18.9 Å². The van der Waals surface area contributed by atoms with Crippen LogP contribution >= 0.6 is 11.6 Å². The molecule has 0 bridgehead atoms. The van der Waals surface area contributed by atoms with Gasteiger partial charge in [-0.3, -0.25) is 4.79 Å². The molecule has 0 fully saturated rings. The molecule has 0 aromatic heterocycles. The Hall–Kier alpha value is -1.13. The molecular weight excluding hydrogens is 257 g/mol. The van der Waals surface area contributed by atoms with E-state index >= 15 is 0 Å². The monoisotopic (exact) mass is 273 g/mol. The highest BCUT2D eigenvalue weighted by Crippen LogP contribution is 2.15. The standard InChI is InChI=1S/C13H17ClFNO2/c1-9(8-17)3-2-6-16-13(18)10-4-5-11(14)12(15)7-10/h4-5,7,9,17H,2-3,6,8H2,1H3,(H,16,18). The van der Waals surface area contributed by atoms with Gasteiger partial charge in [-0.25, -0.2) is 4.39 Å². The van der Waals surface area contributed by atoms with Gasteiger partial charge in [-0.05, 0) is 37.0 Å². The molecule has 2 N–H and O–H groups in total. The summed E-state index contributed by atoms with van der Waals surface area (Å²) in [6, 6.07) is 3.96. The third-order valence-electron chi connectivity index (χ3n) is 2.65. The third-order valence-corrected chi connectivity index (χ3v) is 2.96. The first-order valence-electron chi connectivity index (χ1n) is 5.88. The maximum Gasteiger partial charge on any atom is 0.251 e. The highest BCUT2D eigenvalue weighted by Gasteiger charge is 2.08. The van der Waals surface area contributed by atoms with Crippen LogP contribution in [-0.4, -0.2) is 24.2 Å².